The van der Waals surface area contributed by atoms with Crippen LogP contribution in [0.15, 0.2) is 11.3 Å². The highest BCUT2D eigenvalue weighted by molar-refractivity contribution is 5.05. The molecule has 0 spiro atoms. The summed E-state index contributed by atoms with van der Waals surface area (Å²) in [5.74, 6) is 1.13. The second-order valence-corrected chi connectivity index (χ2v) is 3.19. The first kappa shape index (κ1) is 8.13. The Labute approximate surface area is 76.0 Å². The highest BCUT2D eigenvalue weighted by Gasteiger charge is 2.10. The largest absolute Gasteiger partial charge is 0.335 e. The summed E-state index contributed by atoms with van der Waals surface area (Å²) in [7, 11) is 0. The van der Waals surface area contributed by atoms with Crippen molar-refractivity contribution >= 4 is 0 Å². The van der Waals surface area contributed by atoms with Gasteiger partial charge in [0.1, 0.15) is 5.82 Å². The minimum absolute atomic E-state index is 0.372. The van der Waals surface area contributed by atoms with Crippen LogP contribution in [-0.2, 0) is 19.5 Å². The number of aromatic nitrogens is 2. The van der Waals surface area contributed by atoms with Crippen molar-refractivity contribution in [2.75, 3.05) is 0 Å². The number of nitrogens with zero attached hydrogens (tertiary/aromatic N) is 5. The van der Waals surface area contributed by atoms with Crippen molar-refractivity contribution in [1.82, 2.24) is 9.55 Å². The van der Waals surface area contributed by atoms with E-state index in [2.05, 4.69) is 19.6 Å². The molecule has 0 bridgehead atoms. The first-order chi connectivity index (χ1) is 6.40. The van der Waals surface area contributed by atoms with E-state index in [1.807, 2.05) is 6.20 Å². The molecule has 5 nitrogen and oxygen atoms in total. The molecule has 1 aliphatic rings. The van der Waals surface area contributed by atoms with Crippen LogP contribution in [0.25, 0.3) is 10.4 Å². The van der Waals surface area contributed by atoms with Gasteiger partial charge in [-0.05, 0) is 18.4 Å². The number of hydrogen-bond donors (Lipinski definition) is 0. The average Bonchev–Trinajstić information content (AvgIpc) is 2.57. The first-order valence-electron chi connectivity index (χ1n) is 4.46. The smallest absolute Gasteiger partial charge is 0.108 e. The van der Waals surface area contributed by atoms with Gasteiger partial charge < -0.3 is 4.57 Å². The molecular formula is C8H11N5. The number of hydrogen-bond acceptors (Lipinski definition) is 2. The van der Waals surface area contributed by atoms with Gasteiger partial charge in [-0.3, -0.25) is 0 Å². The molecule has 0 fully saturated rings. The Morgan fingerprint density at radius 3 is 3.31 bits per heavy atom. The van der Waals surface area contributed by atoms with Gasteiger partial charge in [0.05, 0.1) is 12.2 Å². The van der Waals surface area contributed by atoms with E-state index in [0.29, 0.717) is 6.54 Å². The summed E-state index contributed by atoms with van der Waals surface area (Å²) >= 11 is 0. The van der Waals surface area contributed by atoms with Crippen LogP contribution in [-0.4, -0.2) is 9.55 Å². The second-order valence-electron chi connectivity index (χ2n) is 3.19. The minimum atomic E-state index is 0.372. The highest BCUT2D eigenvalue weighted by atomic mass is 15.1. The molecule has 0 N–H and O–H groups in total. The van der Waals surface area contributed by atoms with E-state index in [4.69, 9.17) is 5.53 Å². The van der Waals surface area contributed by atoms with Crippen molar-refractivity contribution in [2.24, 2.45) is 5.11 Å². The fourth-order valence-electron chi connectivity index (χ4n) is 1.65. The fourth-order valence-corrected chi connectivity index (χ4v) is 1.65. The lowest BCUT2D eigenvalue weighted by Crippen LogP contribution is -2.08. The predicted octanol–water partition coefficient (Wildman–Crippen LogP) is 2.03. The molecule has 0 unspecified atom stereocenters. The summed E-state index contributed by atoms with van der Waals surface area (Å²) in [4.78, 5) is 7.10. The van der Waals surface area contributed by atoms with Crippen molar-refractivity contribution in [3.63, 3.8) is 0 Å². The number of aryl methyl sites for hydroxylation is 2. The SMILES string of the molecule is [N-]=[N+]=NCc1cn2c(n1)CCCC2. The summed E-state index contributed by atoms with van der Waals surface area (Å²) in [5, 5.41) is 3.49. The van der Waals surface area contributed by atoms with E-state index >= 15 is 0 Å². The van der Waals surface area contributed by atoms with Gasteiger partial charge in [-0.15, -0.1) is 0 Å². The van der Waals surface area contributed by atoms with Gasteiger partial charge in [-0.1, -0.05) is 5.11 Å². The zero-order valence-corrected chi connectivity index (χ0v) is 7.35. The Hall–Kier alpha value is -1.48. The third kappa shape index (κ3) is 1.65. The number of azide groups is 1. The molecule has 1 aromatic heterocycles. The number of fused-ring (bicyclic) bond motifs is 1. The standard InChI is InChI=1S/C8H11N5/c9-12-10-5-7-6-13-4-2-1-3-8(13)11-7/h6H,1-5H2. The van der Waals surface area contributed by atoms with E-state index in [9.17, 15) is 0 Å². The van der Waals surface area contributed by atoms with Crippen molar-refractivity contribution in [3.8, 4) is 0 Å². The quantitative estimate of drug-likeness (QED) is 0.387. The molecule has 0 aliphatic carbocycles. The number of rotatable bonds is 2. The lowest BCUT2D eigenvalue weighted by Gasteiger charge is -2.11. The molecule has 0 aromatic carbocycles. The Balaban J connectivity index is 2.19. The molecule has 0 atom stereocenters. The van der Waals surface area contributed by atoms with Crippen LogP contribution in [0.5, 0.6) is 0 Å². The van der Waals surface area contributed by atoms with Crippen LogP contribution in [0.4, 0.5) is 0 Å². The summed E-state index contributed by atoms with van der Waals surface area (Å²) in [5.41, 5.74) is 9.04. The highest BCUT2D eigenvalue weighted by Crippen LogP contribution is 2.14. The molecule has 1 aliphatic heterocycles. The molecule has 1 aromatic rings. The van der Waals surface area contributed by atoms with Crippen LogP contribution >= 0.6 is 0 Å². The topological polar surface area (TPSA) is 66.6 Å². The van der Waals surface area contributed by atoms with E-state index in [1.54, 1.807) is 0 Å². The molecule has 2 heterocycles. The van der Waals surface area contributed by atoms with Gasteiger partial charge in [-0.2, -0.15) is 0 Å². The maximum Gasteiger partial charge on any atom is 0.108 e. The molecule has 5 heteroatoms. The Morgan fingerprint density at radius 2 is 2.54 bits per heavy atom. The fraction of sp³-hybridized carbons (Fsp3) is 0.625. The summed E-state index contributed by atoms with van der Waals surface area (Å²) < 4.78 is 2.16. The van der Waals surface area contributed by atoms with E-state index in [-0.39, 0.29) is 0 Å². The zero-order chi connectivity index (χ0) is 9.10. The average molecular weight is 177 g/mol. The Morgan fingerprint density at radius 1 is 1.62 bits per heavy atom. The monoisotopic (exact) mass is 177 g/mol. The molecule has 0 saturated heterocycles. The van der Waals surface area contributed by atoms with E-state index in [0.717, 1.165) is 24.5 Å². The minimum Gasteiger partial charge on any atom is -0.335 e. The van der Waals surface area contributed by atoms with Gasteiger partial charge in [0, 0.05) is 24.1 Å². The molecule has 0 amide bonds. The van der Waals surface area contributed by atoms with Crippen molar-refractivity contribution in [3.05, 3.63) is 28.2 Å². The van der Waals surface area contributed by atoms with Crippen LogP contribution in [0.1, 0.15) is 24.4 Å². The number of imidazole rings is 1. The van der Waals surface area contributed by atoms with Crippen molar-refractivity contribution in [2.45, 2.75) is 32.4 Å². The molecule has 0 radical (unpaired) electrons. The molecule has 13 heavy (non-hydrogen) atoms. The van der Waals surface area contributed by atoms with E-state index < -0.39 is 0 Å². The van der Waals surface area contributed by atoms with Gasteiger partial charge in [0.2, 0.25) is 0 Å². The summed E-state index contributed by atoms with van der Waals surface area (Å²) in [6.45, 7) is 1.43. The van der Waals surface area contributed by atoms with Gasteiger partial charge >= 0.3 is 0 Å². The molecule has 0 saturated carbocycles. The predicted molar refractivity (Wildman–Crippen MR) is 48.0 cm³/mol. The lowest BCUT2D eigenvalue weighted by molar-refractivity contribution is 0.522. The zero-order valence-electron chi connectivity index (χ0n) is 7.35. The lowest BCUT2D eigenvalue weighted by atomic mass is 10.2. The maximum absolute atomic E-state index is 8.15. The Kier molecular flexibility index (Phi) is 2.19. The van der Waals surface area contributed by atoms with E-state index in [1.165, 1.54) is 12.8 Å². The maximum atomic E-state index is 8.15. The first-order valence-corrected chi connectivity index (χ1v) is 4.46. The van der Waals surface area contributed by atoms with Crippen LogP contribution in [0, 0.1) is 0 Å². The third-order valence-corrected chi connectivity index (χ3v) is 2.25. The van der Waals surface area contributed by atoms with Gasteiger partial charge in [0.15, 0.2) is 0 Å². The Bertz CT molecular complexity index is 324. The second kappa shape index (κ2) is 3.49. The van der Waals surface area contributed by atoms with Gasteiger partial charge in [-0.25, -0.2) is 4.98 Å². The van der Waals surface area contributed by atoms with Crippen LogP contribution in [0.3, 0.4) is 0 Å². The van der Waals surface area contributed by atoms with Crippen LogP contribution < -0.4 is 0 Å². The molecule has 68 valence electrons. The van der Waals surface area contributed by atoms with Crippen LogP contribution in [0.2, 0.25) is 0 Å². The summed E-state index contributed by atoms with van der Waals surface area (Å²) in [6.07, 6.45) is 5.49. The third-order valence-electron chi connectivity index (χ3n) is 2.25. The van der Waals surface area contributed by atoms with Crippen molar-refractivity contribution in [1.29, 1.82) is 0 Å². The van der Waals surface area contributed by atoms with Crippen molar-refractivity contribution < 1.29 is 0 Å². The molecule has 2 rings (SSSR count). The summed E-state index contributed by atoms with van der Waals surface area (Å²) in [6, 6.07) is 0. The molecular weight excluding hydrogens is 166 g/mol. The normalized spacial score (nSPS) is 14.8. The van der Waals surface area contributed by atoms with Gasteiger partial charge in [0.25, 0.3) is 0 Å².